The molecular weight excluding hydrogens is 521 g/mol. The second-order valence-corrected chi connectivity index (χ2v) is 9.01. The molecule has 10 nitrogen and oxygen atoms in total. The maximum Gasteiger partial charge on any atom is 0.433 e. The molecule has 1 aromatic carbocycles. The van der Waals surface area contributed by atoms with Crippen LogP contribution >= 0.6 is 11.8 Å². The number of aromatic nitrogens is 4. The van der Waals surface area contributed by atoms with Crippen molar-refractivity contribution in [3.8, 4) is 11.1 Å². The minimum atomic E-state index is -4.63. The fraction of sp³-hybridized carbons (Fsp3) is 0.208. The van der Waals surface area contributed by atoms with Crippen molar-refractivity contribution < 1.29 is 22.8 Å². The van der Waals surface area contributed by atoms with Crippen LogP contribution in [0.3, 0.4) is 0 Å². The minimum Gasteiger partial charge on any atom is -0.382 e. The molecule has 3 aromatic heterocycles. The number of alkyl halides is 3. The number of urea groups is 1. The smallest absolute Gasteiger partial charge is 0.382 e. The lowest BCUT2D eigenvalue weighted by Gasteiger charge is -2.11. The fourth-order valence-electron chi connectivity index (χ4n) is 3.67. The number of carbonyl (C=O) groups is 2. The van der Waals surface area contributed by atoms with Crippen molar-refractivity contribution in [2.75, 3.05) is 34.9 Å². The number of thioether (sulfide) groups is 1. The number of nitrogens with zero attached hydrogens (tertiary/aromatic N) is 4. The molecule has 38 heavy (non-hydrogen) atoms. The van der Waals surface area contributed by atoms with Crippen LogP contribution in [0.25, 0.3) is 16.6 Å². The summed E-state index contributed by atoms with van der Waals surface area (Å²) in [6, 6.07) is 8.93. The molecule has 4 rings (SSSR count). The van der Waals surface area contributed by atoms with Gasteiger partial charge in [-0.15, -0.1) is 0 Å². The summed E-state index contributed by atoms with van der Waals surface area (Å²) in [7, 11) is 0. The monoisotopic (exact) mass is 544 g/mol. The van der Waals surface area contributed by atoms with Crippen molar-refractivity contribution in [3.63, 3.8) is 0 Å². The number of anilines is 3. The quantitative estimate of drug-likeness (QED) is 0.239. The zero-order valence-electron chi connectivity index (χ0n) is 20.0. The van der Waals surface area contributed by atoms with Crippen molar-refractivity contribution in [1.29, 1.82) is 0 Å². The Bertz CT molecular complexity index is 1460. The third kappa shape index (κ3) is 6.14. The van der Waals surface area contributed by atoms with Gasteiger partial charge < -0.3 is 16.4 Å². The Kier molecular flexibility index (Phi) is 8.00. The van der Waals surface area contributed by atoms with Crippen LogP contribution in [0, 0.1) is 0 Å². The molecule has 0 atom stereocenters. The molecule has 5 N–H and O–H groups in total. The van der Waals surface area contributed by atoms with E-state index < -0.39 is 17.9 Å². The Balaban J connectivity index is 1.54. The number of benzene rings is 1. The van der Waals surface area contributed by atoms with Gasteiger partial charge in [0, 0.05) is 24.0 Å². The summed E-state index contributed by atoms with van der Waals surface area (Å²) in [5.74, 6) is 0.556. The average Bonchev–Trinajstić information content (AvgIpc) is 3.28. The molecule has 0 unspecified atom stereocenters. The third-order valence-corrected chi connectivity index (χ3v) is 6.07. The molecular formula is C24H23F3N8O2S. The van der Waals surface area contributed by atoms with E-state index in [2.05, 4.69) is 31.0 Å². The maximum atomic E-state index is 13.0. The molecule has 0 radical (unpaired) electrons. The molecule has 0 aliphatic rings. The highest BCUT2D eigenvalue weighted by atomic mass is 32.2. The van der Waals surface area contributed by atoms with E-state index in [-0.39, 0.29) is 17.5 Å². The molecule has 0 saturated heterocycles. The molecule has 3 amide bonds. The topological polar surface area (TPSA) is 139 Å². The maximum absolute atomic E-state index is 13.0. The van der Waals surface area contributed by atoms with Crippen molar-refractivity contribution >= 4 is 46.5 Å². The summed E-state index contributed by atoms with van der Waals surface area (Å²) in [5.41, 5.74) is 7.30. The lowest BCUT2D eigenvalue weighted by atomic mass is 10.0. The van der Waals surface area contributed by atoms with E-state index in [1.165, 1.54) is 16.9 Å². The van der Waals surface area contributed by atoms with Gasteiger partial charge in [0.1, 0.15) is 23.4 Å². The van der Waals surface area contributed by atoms with Crippen molar-refractivity contribution in [2.24, 2.45) is 0 Å². The Labute approximate surface area is 219 Å². The predicted molar refractivity (Wildman–Crippen MR) is 140 cm³/mol. The van der Waals surface area contributed by atoms with Gasteiger partial charge in [0.05, 0.1) is 5.56 Å². The van der Waals surface area contributed by atoms with Crippen LogP contribution in [0.4, 0.5) is 35.3 Å². The van der Waals surface area contributed by atoms with Gasteiger partial charge in [-0.25, -0.2) is 19.3 Å². The molecule has 4 aromatic rings. The van der Waals surface area contributed by atoms with E-state index >= 15 is 0 Å². The summed E-state index contributed by atoms with van der Waals surface area (Å²) in [6.45, 7) is 0.505. The average molecular weight is 545 g/mol. The lowest BCUT2D eigenvalue weighted by Crippen LogP contribution is -2.25. The highest BCUT2D eigenvalue weighted by Crippen LogP contribution is 2.33. The summed E-state index contributed by atoms with van der Waals surface area (Å²) in [4.78, 5) is 32.8. The minimum absolute atomic E-state index is 0.187. The number of halogens is 3. The summed E-state index contributed by atoms with van der Waals surface area (Å²) in [6.07, 6.45) is 1.04. The second-order valence-electron chi connectivity index (χ2n) is 8.02. The number of pyridine rings is 1. The number of nitrogens with two attached hydrogens (primary N) is 1. The molecule has 0 spiro atoms. The van der Waals surface area contributed by atoms with Crippen molar-refractivity contribution in [1.82, 2.24) is 24.9 Å². The fourth-order valence-corrected chi connectivity index (χ4v) is 4.11. The Hall–Kier alpha value is -4.33. The number of amides is 3. The summed E-state index contributed by atoms with van der Waals surface area (Å²) >= 11 is 1.69. The van der Waals surface area contributed by atoms with Crippen LogP contribution in [0.2, 0.25) is 0 Å². The first-order chi connectivity index (χ1) is 18.2. The number of fused-ring (bicyclic) bond motifs is 1. The summed E-state index contributed by atoms with van der Waals surface area (Å²) in [5, 5.41) is 11.9. The first-order valence-electron chi connectivity index (χ1n) is 11.3. The number of hydrogen-bond acceptors (Lipinski definition) is 7. The van der Waals surface area contributed by atoms with Gasteiger partial charge in [0.25, 0.3) is 5.91 Å². The van der Waals surface area contributed by atoms with E-state index in [9.17, 15) is 22.8 Å². The number of carbonyl (C=O) groups excluding carboxylic acids is 2. The first-order valence-corrected chi connectivity index (χ1v) is 12.7. The Morgan fingerprint density at radius 2 is 1.87 bits per heavy atom. The predicted octanol–water partition coefficient (Wildman–Crippen LogP) is 4.52. The standard InChI is InChI=1S/C24H23F3N8O2S/c1-38-11-3-10-29-22(36)16-12-35-20(21(28)30-13-31-35)19(16)14-6-8-15(9-7-14)32-23(37)34-18-5-2-4-17(33-18)24(25,26)27/h2,4-9,12-13H,3,10-11H2,1H3,(H,29,36)(H2,28,30,31)(H2,32,33,34,37). The molecule has 3 heterocycles. The third-order valence-electron chi connectivity index (χ3n) is 5.37. The molecule has 0 aliphatic heterocycles. The van der Waals surface area contributed by atoms with Gasteiger partial charge in [-0.2, -0.15) is 30.0 Å². The van der Waals surface area contributed by atoms with E-state index in [0.717, 1.165) is 24.3 Å². The molecule has 198 valence electrons. The number of nitrogen functional groups attached to an aromatic ring is 1. The van der Waals surface area contributed by atoms with Gasteiger partial charge in [0.15, 0.2) is 5.82 Å². The second kappa shape index (κ2) is 11.4. The lowest BCUT2D eigenvalue weighted by molar-refractivity contribution is -0.141. The van der Waals surface area contributed by atoms with Gasteiger partial charge in [0.2, 0.25) is 0 Å². The molecule has 0 fully saturated rings. The zero-order chi connectivity index (χ0) is 27.3. The Morgan fingerprint density at radius 1 is 1.11 bits per heavy atom. The number of nitrogens with one attached hydrogen (secondary N) is 3. The largest absolute Gasteiger partial charge is 0.433 e. The van der Waals surface area contributed by atoms with E-state index in [1.807, 2.05) is 6.26 Å². The zero-order valence-corrected chi connectivity index (χ0v) is 20.9. The molecule has 0 bridgehead atoms. The van der Waals surface area contributed by atoms with Crippen LogP contribution in [0.15, 0.2) is 55.0 Å². The van der Waals surface area contributed by atoms with Crippen LogP contribution in [0.1, 0.15) is 22.5 Å². The molecule has 0 saturated carbocycles. The van der Waals surface area contributed by atoms with Crippen molar-refractivity contribution in [2.45, 2.75) is 12.6 Å². The number of rotatable bonds is 8. The van der Waals surface area contributed by atoms with E-state index in [4.69, 9.17) is 5.73 Å². The summed E-state index contributed by atoms with van der Waals surface area (Å²) < 4.78 is 40.1. The van der Waals surface area contributed by atoms with Crippen LogP contribution in [0.5, 0.6) is 0 Å². The van der Waals surface area contributed by atoms with Gasteiger partial charge >= 0.3 is 12.2 Å². The van der Waals surface area contributed by atoms with Crippen molar-refractivity contribution in [3.05, 3.63) is 66.2 Å². The van der Waals surface area contributed by atoms with Gasteiger partial charge in [-0.05, 0) is 48.3 Å². The van der Waals surface area contributed by atoms with Gasteiger partial charge in [-0.1, -0.05) is 18.2 Å². The molecule has 14 heteroatoms. The van der Waals surface area contributed by atoms with Crippen LogP contribution < -0.4 is 21.7 Å². The molecule has 0 aliphatic carbocycles. The highest BCUT2D eigenvalue weighted by Gasteiger charge is 2.32. The highest BCUT2D eigenvalue weighted by molar-refractivity contribution is 7.98. The van der Waals surface area contributed by atoms with Crippen LogP contribution in [-0.2, 0) is 6.18 Å². The van der Waals surface area contributed by atoms with Crippen LogP contribution in [-0.4, -0.2) is 50.1 Å². The van der Waals surface area contributed by atoms with Gasteiger partial charge in [-0.3, -0.25) is 10.1 Å². The van der Waals surface area contributed by atoms with E-state index in [1.54, 1.807) is 42.2 Å². The normalized spacial score (nSPS) is 11.4. The SMILES string of the molecule is CSCCCNC(=O)c1cn2ncnc(N)c2c1-c1ccc(NC(=O)Nc2cccc(C(F)(F)F)n2)cc1. The number of hydrogen-bond donors (Lipinski definition) is 4. The Morgan fingerprint density at radius 3 is 2.58 bits per heavy atom. The first kappa shape index (κ1) is 26.7. The van der Waals surface area contributed by atoms with E-state index in [0.29, 0.717) is 34.4 Å².